The molecular weight excluding hydrogens is 352 g/mol. The van der Waals surface area contributed by atoms with Crippen LogP contribution in [-0.4, -0.2) is 19.7 Å². The Bertz CT molecular complexity index is 760. The zero-order chi connectivity index (χ0) is 20.5. The van der Waals surface area contributed by atoms with Crippen molar-refractivity contribution in [1.82, 2.24) is 5.32 Å². The monoisotopic (exact) mass is 384 g/mol. The highest BCUT2D eigenvalue weighted by Gasteiger charge is 2.14. The zero-order valence-corrected chi connectivity index (χ0v) is 17.5. The van der Waals surface area contributed by atoms with Gasteiger partial charge < -0.3 is 20.1 Å². The van der Waals surface area contributed by atoms with Crippen LogP contribution in [0.2, 0.25) is 0 Å². The van der Waals surface area contributed by atoms with E-state index in [9.17, 15) is 4.79 Å². The van der Waals surface area contributed by atoms with Crippen LogP contribution in [0.4, 0.5) is 10.5 Å². The minimum atomic E-state index is -0.254. The molecule has 2 rings (SSSR count). The summed E-state index contributed by atoms with van der Waals surface area (Å²) < 4.78 is 11.3. The van der Waals surface area contributed by atoms with E-state index in [1.54, 1.807) is 7.11 Å². The van der Waals surface area contributed by atoms with E-state index in [0.717, 1.165) is 24.0 Å². The summed E-state index contributed by atoms with van der Waals surface area (Å²) >= 11 is 0. The van der Waals surface area contributed by atoms with Crippen LogP contribution in [0.25, 0.3) is 0 Å². The van der Waals surface area contributed by atoms with Gasteiger partial charge in [0, 0.05) is 11.8 Å². The first-order valence-electron chi connectivity index (χ1n) is 9.84. The molecule has 0 aromatic heterocycles. The number of hydrogen-bond acceptors (Lipinski definition) is 3. The maximum Gasteiger partial charge on any atom is 0.319 e. The fraction of sp³-hybridized carbons (Fsp3) is 0.435. The fourth-order valence-electron chi connectivity index (χ4n) is 2.92. The number of amides is 2. The Morgan fingerprint density at radius 1 is 1.07 bits per heavy atom. The Balaban J connectivity index is 2.03. The van der Waals surface area contributed by atoms with Gasteiger partial charge >= 0.3 is 6.03 Å². The van der Waals surface area contributed by atoms with Crippen LogP contribution >= 0.6 is 0 Å². The van der Waals surface area contributed by atoms with E-state index < -0.39 is 0 Å². The van der Waals surface area contributed by atoms with Crippen LogP contribution in [0.3, 0.4) is 0 Å². The van der Waals surface area contributed by atoms with Gasteiger partial charge in [-0.15, -0.1) is 0 Å². The van der Waals surface area contributed by atoms with Gasteiger partial charge in [0.1, 0.15) is 0 Å². The summed E-state index contributed by atoms with van der Waals surface area (Å²) in [5.41, 5.74) is 2.67. The lowest BCUT2D eigenvalue weighted by Crippen LogP contribution is -2.31. The third kappa shape index (κ3) is 6.48. The van der Waals surface area contributed by atoms with E-state index in [0.29, 0.717) is 29.7 Å². The number of ether oxygens (including phenoxy) is 2. The smallest absolute Gasteiger partial charge is 0.319 e. The molecule has 0 fully saturated rings. The summed E-state index contributed by atoms with van der Waals surface area (Å²) in [6.07, 6.45) is 2.09. The number of aryl methyl sites for hydroxylation is 1. The molecule has 2 amide bonds. The fourth-order valence-corrected chi connectivity index (χ4v) is 2.92. The number of urea groups is 1. The van der Waals surface area contributed by atoms with Gasteiger partial charge in [-0.25, -0.2) is 4.79 Å². The maximum absolute atomic E-state index is 12.5. The second-order valence-electron chi connectivity index (χ2n) is 7.43. The predicted octanol–water partition coefficient (Wildman–Crippen LogP) is 5.70. The second-order valence-corrected chi connectivity index (χ2v) is 7.43. The lowest BCUT2D eigenvalue weighted by Gasteiger charge is -2.18. The van der Waals surface area contributed by atoms with Crippen LogP contribution < -0.4 is 20.1 Å². The number of nitrogens with one attached hydrogen (secondary N) is 2. The third-order valence-corrected chi connectivity index (χ3v) is 4.59. The average Bonchev–Trinajstić information content (AvgIpc) is 2.67. The van der Waals surface area contributed by atoms with Gasteiger partial charge in [-0.3, -0.25) is 0 Å². The Labute approximate surface area is 168 Å². The Kier molecular flexibility index (Phi) is 8.18. The van der Waals surface area contributed by atoms with E-state index in [-0.39, 0.29) is 12.1 Å². The Morgan fingerprint density at radius 3 is 2.43 bits per heavy atom. The van der Waals surface area contributed by atoms with E-state index >= 15 is 0 Å². The van der Waals surface area contributed by atoms with Crippen molar-refractivity contribution in [1.29, 1.82) is 0 Å². The van der Waals surface area contributed by atoms with Crippen LogP contribution in [0, 0.1) is 12.8 Å². The number of methoxy groups -OCH3 is 1. The highest BCUT2D eigenvalue weighted by Crippen LogP contribution is 2.33. The summed E-state index contributed by atoms with van der Waals surface area (Å²) in [4.78, 5) is 12.5. The molecule has 0 heterocycles. The molecule has 0 bridgehead atoms. The minimum Gasteiger partial charge on any atom is -0.493 e. The van der Waals surface area contributed by atoms with Gasteiger partial charge in [0.25, 0.3) is 0 Å². The van der Waals surface area contributed by atoms with Gasteiger partial charge in [-0.1, -0.05) is 44.2 Å². The van der Waals surface area contributed by atoms with Gasteiger partial charge in [-0.2, -0.15) is 0 Å². The summed E-state index contributed by atoms with van der Waals surface area (Å²) in [6, 6.07) is 13.2. The van der Waals surface area contributed by atoms with Crippen LogP contribution in [0.15, 0.2) is 42.5 Å². The molecule has 0 unspecified atom stereocenters. The molecule has 0 spiro atoms. The van der Waals surface area contributed by atoms with Crippen molar-refractivity contribution in [2.75, 3.05) is 19.0 Å². The number of anilines is 1. The van der Waals surface area contributed by atoms with Gasteiger partial charge in [-0.05, 0) is 49.8 Å². The normalized spacial score (nSPS) is 11.8. The van der Waals surface area contributed by atoms with Crippen molar-refractivity contribution < 1.29 is 14.3 Å². The SMILES string of the molecule is COc1cc(C)c(NC(=O)N[C@@H](C)c2ccccc2)cc1OCCCC(C)C. The average molecular weight is 385 g/mol. The molecule has 152 valence electrons. The number of rotatable bonds is 9. The molecule has 0 saturated heterocycles. The van der Waals surface area contributed by atoms with Gasteiger partial charge in [0.15, 0.2) is 11.5 Å². The van der Waals surface area contributed by atoms with Crippen molar-refractivity contribution in [3.8, 4) is 11.5 Å². The van der Waals surface area contributed by atoms with Crippen molar-refractivity contribution in [2.24, 2.45) is 5.92 Å². The molecular formula is C23H32N2O3. The van der Waals surface area contributed by atoms with E-state index in [1.807, 2.05) is 56.3 Å². The predicted molar refractivity (Wildman–Crippen MR) is 114 cm³/mol. The molecule has 0 saturated carbocycles. The number of carbonyl (C=O) groups is 1. The molecule has 5 nitrogen and oxygen atoms in total. The van der Waals surface area contributed by atoms with Crippen molar-refractivity contribution in [3.05, 3.63) is 53.6 Å². The topological polar surface area (TPSA) is 59.6 Å². The molecule has 2 aromatic carbocycles. The largest absolute Gasteiger partial charge is 0.493 e. The molecule has 1 atom stereocenters. The lowest BCUT2D eigenvalue weighted by atomic mass is 10.1. The molecule has 0 aliphatic carbocycles. The van der Waals surface area contributed by atoms with E-state index in [4.69, 9.17) is 9.47 Å². The van der Waals surface area contributed by atoms with Gasteiger partial charge in [0.2, 0.25) is 0 Å². The minimum absolute atomic E-state index is 0.0912. The summed E-state index contributed by atoms with van der Waals surface area (Å²) in [5.74, 6) is 1.96. The van der Waals surface area contributed by atoms with Crippen molar-refractivity contribution >= 4 is 11.7 Å². The first-order valence-corrected chi connectivity index (χ1v) is 9.84. The maximum atomic E-state index is 12.5. The zero-order valence-electron chi connectivity index (χ0n) is 17.5. The van der Waals surface area contributed by atoms with Crippen LogP contribution in [0.1, 0.15) is 50.8 Å². The summed E-state index contributed by atoms with van der Waals surface area (Å²) in [5, 5.41) is 5.89. The molecule has 28 heavy (non-hydrogen) atoms. The number of benzene rings is 2. The molecule has 2 aromatic rings. The lowest BCUT2D eigenvalue weighted by molar-refractivity contribution is 0.249. The second kappa shape index (κ2) is 10.6. The first kappa shape index (κ1) is 21.6. The van der Waals surface area contributed by atoms with Gasteiger partial charge in [0.05, 0.1) is 19.8 Å². The molecule has 2 N–H and O–H groups in total. The highest BCUT2D eigenvalue weighted by atomic mass is 16.5. The quantitative estimate of drug-likeness (QED) is 0.545. The number of hydrogen-bond donors (Lipinski definition) is 2. The van der Waals surface area contributed by atoms with Crippen LogP contribution in [0.5, 0.6) is 11.5 Å². The van der Waals surface area contributed by atoms with E-state index in [1.165, 1.54) is 0 Å². The molecule has 0 aliphatic rings. The summed E-state index contributed by atoms with van der Waals surface area (Å²) in [6.45, 7) is 8.90. The van der Waals surface area contributed by atoms with Crippen molar-refractivity contribution in [3.63, 3.8) is 0 Å². The third-order valence-electron chi connectivity index (χ3n) is 4.59. The molecule has 0 aliphatic heterocycles. The van der Waals surface area contributed by atoms with Crippen LogP contribution in [-0.2, 0) is 0 Å². The first-order chi connectivity index (χ1) is 13.4. The molecule has 0 radical (unpaired) electrons. The van der Waals surface area contributed by atoms with E-state index in [2.05, 4.69) is 24.5 Å². The van der Waals surface area contributed by atoms with Crippen molar-refractivity contribution in [2.45, 2.75) is 46.6 Å². The Hall–Kier alpha value is -2.69. The molecule has 5 heteroatoms. The highest BCUT2D eigenvalue weighted by molar-refractivity contribution is 5.90. The standard InChI is InChI=1S/C23H32N2O3/c1-16(2)10-9-13-28-22-15-20(17(3)14-21(22)27-5)25-23(26)24-18(4)19-11-7-6-8-12-19/h6-8,11-12,14-16,18H,9-10,13H2,1-5H3,(H2,24,25,26)/t18-/m0/s1. The number of carbonyl (C=O) groups excluding carboxylic acids is 1. The Morgan fingerprint density at radius 2 is 1.79 bits per heavy atom. The summed E-state index contributed by atoms with van der Waals surface area (Å²) in [7, 11) is 1.62.